The van der Waals surface area contributed by atoms with Gasteiger partial charge in [0.25, 0.3) is 0 Å². The molecule has 3 N–H and O–H groups in total. The van der Waals surface area contributed by atoms with Crippen LogP contribution >= 0.6 is 11.3 Å². The molecule has 0 aliphatic rings. The fourth-order valence-corrected chi connectivity index (χ4v) is 2.80. The van der Waals surface area contributed by atoms with Crippen molar-refractivity contribution in [1.29, 1.82) is 0 Å². The van der Waals surface area contributed by atoms with E-state index in [1.54, 1.807) is 24.5 Å². The van der Waals surface area contributed by atoms with E-state index in [1.165, 1.54) is 11.8 Å². The SMILES string of the molecule is CN=C(NCCOc1cccc(NC(C)=O)c1)NCc1ncc(C)s1. The van der Waals surface area contributed by atoms with E-state index in [1.807, 2.05) is 31.3 Å². The first-order chi connectivity index (χ1) is 12.1. The Morgan fingerprint density at radius 2 is 2.20 bits per heavy atom. The molecule has 2 aromatic rings. The van der Waals surface area contributed by atoms with Gasteiger partial charge in [0, 0.05) is 36.8 Å². The third-order valence-corrected chi connectivity index (χ3v) is 4.03. The Bertz CT molecular complexity index is 729. The van der Waals surface area contributed by atoms with Crippen LogP contribution in [0.2, 0.25) is 0 Å². The molecule has 0 saturated heterocycles. The number of guanidine groups is 1. The normalized spacial score (nSPS) is 11.1. The lowest BCUT2D eigenvalue weighted by Gasteiger charge is -2.12. The first-order valence-electron chi connectivity index (χ1n) is 7.93. The van der Waals surface area contributed by atoms with Gasteiger partial charge in [-0.15, -0.1) is 11.3 Å². The van der Waals surface area contributed by atoms with Crippen molar-refractivity contribution >= 4 is 28.9 Å². The summed E-state index contributed by atoms with van der Waals surface area (Å²) in [6, 6.07) is 7.30. The van der Waals surface area contributed by atoms with Crippen molar-refractivity contribution < 1.29 is 9.53 Å². The van der Waals surface area contributed by atoms with Gasteiger partial charge in [-0.05, 0) is 19.1 Å². The van der Waals surface area contributed by atoms with Crippen molar-refractivity contribution in [3.8, 4) is 5.75 Å². The van der Waals surface area contributed by atoms with Crippen molar-refractivity contribution in [2.75, 3.05) is 25.5 Å². The smallest absolute Gasteiger partial charge is 0.221 e. The quantitative estimate of drug-likeness (QED) is 0.400. The van der Waals surface area contributed by atoms with E-state index in [-0.39, 0.29) is 5.91 Å². The van der Waals surface area contributed by atoms with Gasteiger partial charge in [0.2, 0.25) is 5.91 Å². The van der Waals surface area contributed by atoms with Gasteiger partial charge in [0.05, 0.1) is 13.1 Å². The maximum atomic E-state index is 11.1. The highest BCUT2D eigenvalue weighted by Crippen LogP contribution is 2.17. The number of aromatic nitrogens is 1. The molecule has 0 atom stereocenters. The highest BCUT2D eigenvalue weighted by Gasteiger charge is 2.02. The maximum Gasteiger partial charge on any atom is 0.221 e. The second-order valence-electron chi connectivity index (χ2n) is 5.27. The number of anilines is 1. The molecular formula is C17H23N5O2S. The van der Waals surface area contributed by atoms with E-state index in [0.717, 1.165) is 5.01 Å². The van der Waals surface area contributed by atoms with E-state index < -0.39 is 0 Å². The van der Waals surface area contributed by atoms with Gasteiger partial charge in [0.1, 0.15) is 17.4 Å². The van der Waals surface area contributed by atoms with E-state index in [0.29, 0.717) is 37.1 Å². The number of hydrogen-bond donors (Lipinski definition) is 3. The fraction of sp³-hybridized carbons (Fsp3) is 0.353. The summed E-state index contributed by atoms with van der Waals surface area (Å²) in [6.07, 6.45) is 1.86. The molecule has 0 fully saturated rings. The molecule has 0 aliphatic carbocycles. The van der Waals surface area contributed by atoms with Gasteiger partial charge in [-0.1, -0.05) is 6.07 Å². The van der Waals surface area contributed by atoms with Gasteiger partial charge in [-0.2, -0.15) is 0 Å². The number of carbonyl (C=O) groups excluding carboxylic acids is 1. The predicted molar refractivity (Wildman–Crippen MR) is 101 cm³/mol. The standard InChI is InChI=1S/C17H23N5O2S/c1-12-10-20-16(25-12)11-21-17(18-3)19-7-8-24-15-6-4-5-14(9-15)22-13(2)23/h4-6,9-10H,7-8,11H2,1-3H3,(H,22,23)(H2,18,19,21). The van der Waals surface area contributed by atoms with Gasteiger partial charge in [-0.25, -0.2) is 4.98 Å². The van der Waals surface area contributed by atoms with Crippen LogP contribution in [0, 0.1) is 6.92 Å². The minimum Gasteiger partial charge on any atom is -0.492 e. The molecule has 134 valence electrons. The molecule has 25 heavy (non-hydrogen) atoms. The molecule has 8 heteroatoms. The zero-order chi connectivity index (χ0) is 18.1. The predicted octanol–water partition coefficient (Wildman–Crippen LogP) is 2.15. The van der Waals surface area contributed by atoms with E-state index in [2.05, 4.69) is 25.9 Å². The highest BCUT2D eigenvalue weighted by atomic mass is 32.1. The third kappa shape index (κ3) is 6.80. The number of carbonyl (C=O) groups is 1. The summed E-state index contributed by atoms with van der Waals surface area (Å²) in [5.41, 5.74) is 0.717. The average Bonchev–Trinajstić information content (AvgIpc) is 2.99. The van der Waals surface area contributed by atoms with Crippen LogP contribution in [0.5, 0.6) is 5.75 Å². The Morgan fingerprint density at radius 1 is 1.36 bits per heavy atom. The molecule has 7 nitrogen and oxygen atoms in total. The molecule has 0 aliphatic heterocycles. The van der Waals surface area contributed by atoms with Crippen LogP contribution in [0.3, 0.4) is 0 Å². The number of aliphatic imine (C=N–C) groups is 1. The number of benzene rings is 1. The average molecular weight is 361 g/mol. The second-order valence-corrected chi connectivity index (χ2v) is 6.59. The van der Waals surface area contributed by atoms with E-state index in [4.69, 9.17) is 4.74 Å². The van der Waals surface area contributed by atoms with Gasteiger partial charge in [-0.3, -0.25) is 9.79 Å². The molecule has 1 amide bonds. The number of nitrogens with one attached hydrogen (secondary N) is 3. The molecule has 0 bridgehead atoms. The molecular weight excluding hydrogens is 338 g/mol. The maximum absolute atomic E-state index is 11.1. The number of ether oxygens (including phenoxy) is 1. The van der Waals surface area contributed by atoms with Crippen molar-refractivity contribution in [2.45, 2.75) is 20.4 Å². The first kappa shape index (κ1) is 18.7. The molecule has 2 rings (SSSR count). The van der Waals surface area contributed by atoms with E-state index >= 15 is 0 Å². The number of hydrogen-bond acceptors (Lipinski definition) is 5. The Hall–Kier alpha value is -2.61. The van der Waals surface area contributed by atoms with Crippen LogP contribution in [-0.4, -0.2) is 37.1 Å². The molecule has 1 aromatic heterocycles. The first-order valence-corrected chi connectivity index (χ1v) is 8.74. The Balaban J connectivity index is 1.71. The molecule has 1 aromatic carbocycles. The Labute approximate surface area is 151 Å². The Morgan fingerprint density at radius 3 is 2.88 bits per heavy atom. The summed E-state index contributed by atoms with van der Waals surface area (Å²) in [7, 11) is 1.72. The summed E-state index contributed by atoms with van der Waals surface area (Å²) in [4.78, 5) is 20.7. The van der Waals surface area contributed by atoms with Crippen molar-refractivity contribution in [1.82, 2.24) is 15.6 Å². The van der Waals surface area contributed by atoms with Crippen LogP contribution in [0.25, 0.3) is 0 Å². The number of rotatable bonds is 7. The van der Waals surface area contributed by atoms with Crippen LogP contribution in [0.1, 0.15) is 16.8 Å². The number of nitrogens with zero attached hydrogens (tertiary/aromatic N) is 2. The highest BCUT2D eigenvalue weighted by molar-refractivity contribution is 7.11. The van der Waals surface area contributed by atoms with Crippen molar-refractivity contribution in [2.24, 2.45) is 4.99 Å². The second kappa shape index (κ2) is 9.63. The van der Waals surface area contributed by atoms with Gasteiger partial charge >= 0.3 is 0 Å². The summed E-state index contributed by atoms with van der Waals surface area (Å²) in [6.45, 7) is 5.22. The van der Waals surface area contributed by atoms with Gasteiger partial charge in [0.15, 0.2) is 5.96 Å². The monoisotopic (exact) mass is 361 g/mol. The summed E-state index contributed by atoms with van der Waals surface area (Å²) < 4.78 is 5.68. The summed E-state index contributed by atoms with van der Waals surface area (Å²) >= 11 is 1.66. The van der Waals surface area contributed by atoms with E-state index in [9.17, 15) is 4.79 Å². The number of thiazole rings is 1. The summed E-state index contributed by atoms with van der Waals surface area (Å²) in [5.74, 6) is 1.29. The molecule has 1 heterocycles. The third-order valence-electron chi connectivity index (χ3n) is 3.12. The lowest BCUT2D eigenvalue weighted by molar-refractivity contribution is -0.114. The topological polar surface area (TPSA) is 87.6 Å². The minimum absolute atomic E-state index is 0.107. The number of amides is 1. The van der Waals surface area contributed by atoms with Crippen LogP contribution in [-0.2, 0) is 11.3 Å². The lowest BCUT2D eigenvalue weighted by atomic mass is 10.3. The number of aryl methyl sites for hydroxylation is 1. The minimum atomic E-state index is -0.107. The van der Waals surface area contributed by atoms with Crippen LogP contribution in [0.15, 0.2) is 35.5 Å². The Kier molecular flexibility index (Phi) is 7.21. The zero-order valence-electron chi connectivity index (χ0n) is 14.6. The van der Waals surface area contributed by atoms with Crippen molar-refractivity contribution in [3.05, 3.63) is 40.3 Å². The largest absolute Gasteiger partial charge is 0.492 e. The fourth-order valence-electron chi connectivity index (χ4n) is 2.07. The molecule has 0 unspecified atom stereocenters. The molecule has 0 spiro atoms. The van der Waals surface area contributed by atoms with Crippen LogP contribution < -0.4 is 20.7 Å². The zero-order valence-corrected chi connectivity index (χ0v) is 15.4. The van der Waals surface area contributed by atoms with Gasteiger partial charge < -0.3 is 20.7 Å². The van der Waals surface area contributed by atoms with Crippen LogP contribution in [0.4, 0.5) is 5.69 Å². The lowest BCUT2D eigenvalue weighted by Crippen LogP contribution is -2.38. The van der Waals surface area contributed by atoms with Crippen molar-refractivity contribution in [3.63, 3.8) is 0 Å². The molecule has 0 saturated carbocycles. The summed E-state index contributed by atoms with van der Waals surface area (Å²) in [5, 5.41) is 10.1. The molecule has 0 radical (unpaired) electrons.